The summed E-state index contributed by atoms with van der Waals surface area (Å²) in [5.74, 6) is -2.37. The van der Waals surface area contributed by atoms with Gasteiger partial charge in [0.2, 0.25) is 0 Å². The first-order valence-electron chi connectivity index (χ1n) is 7.40. The minimum Gasteiger partial charge on any atom is -0.340 e. The quantitative estimate of drug-likeness (QED) is 0.693. The van der Waals surface area contributed by atoms with Crippen LogP contribution in [0.4, 0.5) is 4.39 Å². The van der Waals surface area contributed by atoms with Crippen LogP contribution in [-0.4, -0.2) is 23.8 Å². The van der Waals surface area contributed by atoms with Crippen LogP contribution in [0.1, 0.15) is 27.6 Å². The van der Waals surface area contributed by atoms with E-state index >= 15 is 0 Å². The Morgan fingerprint density at radius 1 is 0.962 bits per heavy atom. The molecular weight excluding hydrogens is 384 g/mol. The summed E-state index contributed by atoms with van der Waals surface area (Å²) in [6.07, 6.45) is 0. The van der Waals surface area contributed by atoms with Gasteiger partial charge in [0.05, 0.1) is 15.6 Å². The zero-order chi connectivity index (χ0) is 19.3. The van der Waals surface area contributed by atoms with E-state index in [9.17, 15) is 18.8 Å². The van der Waals surface area contributed by atoms with Crippen molar-refractivity contribution in [3.8, 4) is 0 Å². The highest BCUT2D eigenvalue weighted by molar-refractivity contribution is 6.43. The van der Waals surface area contributed by atoms with E-state index < -0.39 is 29.6 Å². The lowest BCUT2D eigenvalue weighted by molar-refractivity contribution is -0.123. The molecule has 26 heavy (non-hydrogen) atoms. The number of hydrogen-bond donors (Lipinski definition) is 3. The van der Waals surface area contributed by atoms with Crippen molar-refractivity contribution in [2.75, 3.05) is 0 Å². The van der Waals surface area contributed by atoms with Gasteiger partial charge in [-0.05, 0) is 43.3 Å². The molecule has 0 heterocycles. The second-order valence-electron chi connectivity index (χ2n) is 5.25. The summed E-state index contributed by atoms with van der Waals surface area (Å²) in [6.45, 7) is 1.43. The summed E-state index contributed by atoms with van der Waals surface area (Å²) in [7, 11) is 0. The molecule has 0 aliphatic rings. The maximum Gasteiger partial charge on any atom is 0.269 e. The van der Waals surface area contributed by atoms with Gasteiger partial charge in [-0.1, -0.05) is 29.3 Å². The summed E-state index contributed by atoms with van der Waals surface area (Å²) in [6, 6.07) is 8.35. The van der Waals surface area contributed by atoms with Crippen molar-refractivity contribution in [2.24, 2.45) is 0 Å². The molecule has 9 heteroatoms. The molecule has 0 aliphatic carbocycles. The van der Waals surface area contributed by atoms with Gasteiger partial charge < -0.3 is 5.32 Å². The van der Waals surface area contributed by atoms with Gasteiger partial charge in [0.25, 0.3) is 17.7 Å². The summed E-state index contributed by atoms with van der Waals surface area (Å²) >= 11 is 11.8. The molecule has 0 aliphatic heterocycles. The van der Waals surface area contributed by atoms with Crippen LogP contribution >= 0.6 is 23.2 Å². The standard InChI is InChI=1S/C17H14Cl2FN3O3/c1-9(21-17(26)12-3-2-4-13(18)14(12)19)15(24)22-23-16(25)10-5-7-11(20)8-6-10/h2-9H,1H3,(H,21,26)(H,22,24)(H,23,25). The largest absolute Gasteiger partial charge is 0.340 e. The summed E-state index contributed by atoms with van der Waals surface area (Å²) < 4.78 is 12.8. The topological polar surface area (TPSA) is 87.3 Å². The minimum absolute atomic E-state index is 0.0730. The van der Waals surface area contributed by atoms with Crippen LogP contribution in [0.5, 0.6) is 0 Å². The third-order valence-electron chi connectivity index (χ3n) is 3.34. The number of carbonyl (C=O) groups is 3. The number of rotatable bonds is 4. The van der Waals surface area contributed by atoms with Crippen LogP contribution in [0.15, 0.2) is 42.5 Å². The number of hydrazine groups is 1. The smallest absolute Gasteiger partial charge is 0.269 e. The summed E-state index contributed by atoms with van der Waals surface area (Å²) in [4.78, 5) is 36.0. The lowest BCUT2D eigenvalue weighted by Gasteiger charge is -2.15. The molecule has 0 saturated heterocycles. The van der Waals surface area contributed by atoms with E-state index in [1.165, 1.54) is 31.2 Å². The first kappa shape index (κ1) is 19.7. The molecule has 0 aromatic heterocycles. The van der Waals surface area contributed by atoms with Crippen molar-refractivity contribution in [1.82, 2.24) is 16.2 Å². The van der Waals surface area contributed by atoms with Crippen LogP contribution in [0.2, 0.25) is 10.0 Å². The van der Waals surface area contributed by atoms with Crippen molar-refractivity contribution < 1.29 is 18.8 Å². The number of hydrogen-bond acceptors (Lipinski definition) is 3. The normalized spacial score (nSPS) is 11.4. The first-order chi connectivity index (χ1) is 12.3. The SMILES string of the molecule is CC(NC(=O)c1cccc(Cl)c1Cl)C(=O)NNC(=O)c1ccc(F)cc1. The maximum absolute atomic E-state index is 12.8. The number of amides is 3. The van der Waals surface area contributed by atoms with Crippen molar-refractivity contribution in [3.05, 3.63) is 69.5 Å². The maximum atomic E-state index is 12.8. The number of benzene rings is 2. The fourth-order valence-electron chi connectivity index (χ4n) is 1.92. The monoisotopic (exact) mass is 397 g/mol. The van der Waals surface area contributed by atoms with E-state index in [2.05, 4.69) is 16.2 Å². The molecule has 1 unspecified atom stereocenters. The van der Waals surface area contributed by atoms with Gasteiger partial charge in [-0.25, -0.2) is 4.39 Å². The molecule has 1 atom stereocenters. The Hall–Kier alpha value is -2.64. The summed E-state index contributed by atoms with van der Waals surface area (Å²) in [5, 5.41) is 2.72. The minimum atomic E-state index is -0.967. The van der Waals surface area contributed by atoms with Crippen molar-refractivity contribution in [2.45, 2.75) is 13.0 Å². The van der Waals surface area contributed by atoms with Crippen LogP contribution in [0.3, 0.4) is 0 Å². The van der Waals surface area contributed by atoms with E-state index in [0.717, 1.165) is 12.1 Å². The van der Waals surface area contributed by atoms with Crippen molar-refractivity contribution in [3.63, 3.8) is 0 Å². The molecule has 0 bridgehead atoms. The Bertz CT molecular complexity index is 844. The van der Waals surface area contributed by atoms with Crippen molar-refractivity contribution >= 4 is 40.9 Å². The highest BCUT2D eigenvalue weighted by Gasteiger charge is 2.19. The number of carbonyl (C=O) groups excluding carboxylic acids is 3. The van der Waals surface area contributed by atoms with E-state index in [1.54, 1.807) is 6.07 Å². The van der Waals surface area contributed by atoms with Gasteiger partial charge in [-0.2, -0.15) is 0 Å². The molecule has 136 valence electrons. The Morgan fingerprint density at radius 3 is 2.27 bits per heavy atom. The average molecular weight is 398 g/mol. The third-order valence-corrected chi connectivity index (χ3v) is 4.16. The lowest BCUT2D eigenvalue weighted by Crippen LogP contribution is -2.51. The van der Waals surface area contributed by atoms with E-state index in [1.807, 2.05) is 0 Å². The Morgan fingerprint density at radius 2 is 1.62 bits per heavy atom. The van der Waals surface area contributed by atoms with Crippen LogP contribution < -0.4 is 16.2 Å². The van der Waals surface area contributed by atoms with Crippen molar-refractivity contribution in [1.29, 1.82) is 0 Å². The Balaban J connectivity index is 1.91. The van der Waals surface area contributed by atoms with Gasteiger partial charge in [-0.3, -0.25) is 25.2 Å². The fourth-order valence-corrected chi connectivity index (χ4v) is 2.31. The Kier molecular flexibility index (Phi) is 6.54. The lowest BCUT2D eigenvalue weighted by atomic mass is 10.2. The zero-order valence-corrected chi connectivity index (χ0v) is 15.0. The van der Waals surface area contributed by atoms with Crippen LogP contribution in [-0.2, 0) is 4.79 Å². The molecule has 3 N–H and O–H groups in total. The van der Waals surface area contributed by atoms with E-state index in [4.69, 9.17) is 23.2 Å². The zero-order valence-electron chi connectivity index (χ0n) is 13.5. The van der Waals surface area contributed by atoms with Crippen LogP contribution in [0, 0.1) is 5.82 Å². The van der Waals surface area contributed by atoms with Gasteiger partial charge in [-0.15, -0.1) is 0 Å². The highest BCUT2D eigenvalue weighted by atomic mass is 35.5. The molecule has 0 spiro atoms. The highest BCUT2D eigenvalue weighted by Crippen LogP contribution is 2.25. The van der Waals surface area contributed by atoms with Gasteiger partial charge in [0.1, 0.15) is 11.9 Å². The molecule has 2 rings (SSSR count). The fraction of sp³-hybridized carbons (Fsp3) is 0.118. The third kappa shape index (κ3) is 4.93. The predicted molar refractivity (Wildman–Crippen MR) is 95.4 cm³/mol. The van der Waals surface area contributed by atoms with Gasteiger partial charge >= 0.3 is 0 Å². The molecule has 2 aromatic rings. The molecule has 6 nitrogen and oxygen atoms in total. The van der Waals surface area contributed by atoms with Gasteiger partial charge in [0.15, 0.2) is 0 Å². The second-order valence-corrected chi connectivity index (χ2v) is 6.03. The average Bonchev–Trinajstić information content (AvgIpc) is 2.62. The number of halogens is 3. The molecule has 0 fully saturated rings. The molecule has 0 radical (unpaired) electrons. The molecular formula is C17H14Cl2FN3O3. The molecule has 0 saturated carbocycles. The Labute approximate surface area is 158 Å². The second kappa shape index (κ2) is 8.64. The van der Waals surface area contributed by atoms with E-state index in [-0.39, 0.29) is 21.2 Å². The van der Waals surface area contributed by atoms with Crippen LogP contribution in [0.25, 0.3) is 0 Å². The number of nitrogens with one attached hydrogen (secondary N) is 3. The molecule has 3 amide bonds. The summed E-state index contributed by atoms with van der Waals surface area (Å²) in [5.41, 5.74) is 4.63. The molecule has 2 aromatic carbocycles. The van der Waals surface area contributed by atoms with E-state index in [0.29, 0.717) is 0 Å². The first-order valence-corrected chi connectivity index (χ1v) is 8.16. The predicted octanol–water partition coefficient (Wildman–Crippen LogP) is 2.71. The van der Waals surface area contributed by atoms with Gasteiger partial charge in [0, 0.05) is 5.56 Å².